The molecule has 0 radical (unpaired) electrons. The van der Waals surface area contributed by atoms with Gasteiger partial charge in [-0.1, -0.05) is 61.7 Å². The second-order valence-electron chi connectivity index (χ2n) is 14.4. The van der Waals surface area contributed by atoms with Crippen LogP contribution in [0.3, 0.4) is 0 Å². The fraction of sp³-hybridized carbons (Fsp3) is 0.611. The van der Waals surface area contributed by atoms with Crippen LogP contribution in [0.5, 0.6) is 0 Å². The second-order valence-corrected chi connectivity index (χ2v) is 16.3. The number of hydrogen-bond donors (Lipinski definition) is 1. The van der Waals surface area contributed by atoms with Gasteiger partial charge in [0, 0.05) is 12.6 Å². The fourth-order valence-corrected chi connectivity index (χ4v) is 10.2. The van der Waals surface area contributed by atoms with E-state index in [1.54, 1.807) is 4.90 Å². The summed E-state index contributed by atoms with van der Waals surface area (Å²) in [5.74, 6) is 1.93. The molecular formula is C36H49N3O4S. The molecule has 2 amide bonds. The van der Waals surface area contributed by atoms with Crippen LogP contribution in [0.4, 0.5) is 5.69 Å². The summed E-state index contributed by atoms with van der Waals surface area (Å²) in [6, 6.07) is 15.3. The van der Waals surface area contributed by atoms with Gasteiger partial charge in [0.15, 0.2) is 0 Å². The minimum absolute atomic E-state index is 0.132. The van der Waals surface area contributed by atoms with Crippen LogP contribution >= 0.6 is 0 Å². The van der Waals surface area contributed by atoms with Gasteiger partial charge < -0.3 is 10.2 Å². The van der Waals surface area contributed by atoms with Crippen LogP contribution in [0.15, 0.2) is 48.5 Å². The minimum atomic E-state index is -3.77. The molecule has 5 saturated carbocycles. The third-order valence-corrected chi connectivity index (χ3v) is 12.1. The van der Waals surface area contributed by atoms with Crippen molar-refractivity contribution in [2.45, 2.75) is 109 Å². The number of carbonyl (C=O) groups excluding carboxylic acids is 2. The Hall–Kier alpha value is -2.87. The van der Waals surface area contributed by atoms with Crippen molar-refractivity contribution < 1.29 is 18.0 Å². The van der Waals surface area contributed by atoms with Crippen LogP contribution in [0.2, 0.25) is 0 Å². The maximum Gasteiger partial charge on any atom is 0.244 e. The summed E-state index contributed by atoms with van der Waals surface area (Å²) in [6.45, 7) is 3.79. The molecular weight excluding hydrogens is 570 g/mol. The van der Waals surface area contributed by atoms with Crippen molar-refractivity contribution in [2.75, 3.05) is 17.1 Å². The third-order valence-electron chi connectivity index (χ3n) is 11.0. The first-order chi connectivity index (χ1) is 21.0. The molecule has 1 atom stereocenters. The molecule has 238 valence electrons. The molecule has 44 heavy (non-hydrogen) atoms. The maximum atomic E-state index is 14.1. The number of hydrogen-bond acceptors (Lipinski definition) is 4. The Morgan fingerprint density at radius 3 is 2.11 bits per heavy atom. The number of amides is 2. The molecule has 2 aromatic carbocycles. The number of carbonyl (C=O) groups is 2. The quantitative estimate of drug-likeness (QED) is 0.330. The molecule has 0 saturated heterocycles. The summed E-state index contributed by atoms with van der Waals surface area (Å²) in [5.41, 5.74) is 4.00. The van der Waals surface area contributed by atoms with E-state index in [-0.39, 0.29) is 36.4 Å². The smallest absolute Gasteiger partial charge is 0.244 e. The molecule has 4 bridgehead atoms. The largest absolute Gasteiger partial charge is 0.352 e. The van der Waals surface area contributed by atoms with Crippen molar-refractivity contribution in [2.24, 2.45) is 17.8 Å². The minimum Gasteiger partial charge on any atom is -0.352 e. The van der Waals surface area contributed by atoms with Crippen molar-refractivity contribution in [1.29, 1.82) is 0 Å². The van der Waals surface area contributed by atoms with Gasteiger partial charge >= 0.3 is 0 Å². The standard InChI is InChI=1S/C36H49N3O4S/c1-4-33(35(41)37-31-10-5-6-11-31)38(23-26-9-7-8-25(2)16-26)34(40)24-39(44(3,42)43)32-14-12-30(13-15-32)36-20-27-17-28(21-36)19-29(18-27)22-36/h7-9,12-16,27-29,31,33H,4-6,10-11,17-24H2,1-3H3,(H,37,41)/t27?,28?,29?,33-,36?/m0/s1. The van der Waals surface area contributed by atoms with E-state index < -0.39 is 16.1 Å². The Balaban J connectivity index is 1.25. The highest BCUT2D eigenvalue weighted by atomic mass is 32.2. The van der Waals surface area contributed by atoms with Crippen LogP contribution in [0, 0.1) is 24.7 Å². The summed E-state index contributed by atoms with van der Waals surface area (Å²) in [4.78, 5) is 29.3. The fourth-order valence-electron chi connectivity index (χ4n) is 9.35. The van der Waals surface area contributed by atoms with Gasteiger partial charge in [0.1, 0.15) is 12.6 Å². The summed E-state index contributed by atoms with van der Waals surface area (Å²) < 4.78 is 27.6. The third kappa shape index (κ3) is 6.56. The van der Waals surface area contributed by atoms with Gasteiger partial charge in [0.05, 0.1) is 11.9 Å². The Labute approximate surface area is 263 Å². The van der Waals surface area contributed by atoms with E-state index in [0.29, 0.717) is 12.1 Å². The highest BCUT2D eigenvalue weighted by molar-refractivity contribution is 7.92. The van der Waals surface area contributed by atoms with E-state index in [1.807, 2.05) is 50.2 Å². The van der Waals surface area contributed by atoms with Crippen molar-refractivity contribution in [1.82, 2.24) is 10.2 Å². The van der Waals surface area contributed by atoms with Gasteiger partial charge in [-0.2, -0.15) is 0 Å². The van der Waals surface area contributed by atoms with Crippen LogP contribution in [0.25, 0.3) is 0 Å². The van der Waals surface area contributed by atoms with E-state index in [9.17, 15) is 18.0 Å². The average Bonchev–Trinajstić information content (AvgIpc) is 3.47. The summed E-state index contributed by atoms with van der Waals surface area (Å²) in [5, 5.41) is 3.17. The Kier molecular flexibility index (Phi) is 8.84. The van der Waals surface area contributed by atoms with Crippen LogP contribution in [0.1, 0.15) is 94.2 Å². The number of nitrogens with one attached hydrogen (secondary N) is 1. The lowest BCUT2D eigenvalue weighted by Crippen LogP contribution is -2.53. The molecule has 7 rings (SSSR count). The van der Waals surface area contributed by atoms with Gasteiger partial charge in [-0.05, 0) is 111 Å². The number of aryl methyl sites for hydroxylation is 1. The Morgan fingerprint density at radius 2 is 1.57 bits per heavy atom. The van der Waals surface area contributed by atoms with Crippen molar-refractivity contribution in [3.8, 4) is 0 Å². The SMILES string of the molecule is CC[C@@H](C(=O)NC1CCCC1)N(Cc1cccc(C)c1)C(=O)CN(c1ccc(C23CC4CC(CC(C4)C2)C3)cc1)S(C)(=O)=O. The van der Waals surface area contributed by atoms with Gasteiger partial charge in [0.2, 0.25) is 21.8 Å². The zero-order valence-electron chi connectivity index (χ0n) is 26.6. The molecule has 0 aliphatic heterocycles. The molecule has 0 spiro atoms. The summed E-state index contributed by atoms with van der Waals surface area (Å²) in [7, 11) is -3.77. The molecule has 5 fully saturated rings. The first-order valence-corrected chi connectivity index (χ1v) is 18.6. The lowest BCUT2D eigenvalue weighted by Gasteiger charge is -2.57. The van der Waals surface area contributed by atoms with Gasteiger partial charge in [-0.3, -0.25) is 13.9 Å². The molecule has 8 heteroatoms. The lowest BCUT2D eigenvalue weighted by molar-refractivity contribution is -0.140. The van der Waals surface area contributed by atoms with Crippen molar-refractivity contribution >= 4 is 27.5 Å². The van der Waals surface area contributed by atoms with Gasteiger partial charge in [-0.15, -0.1) is 0 Å². The van der Waals surface area contributed by atoms with E-state index in [0.717, 1.165) is 60.8 Å². The first-order valence-electron chi connectivity index (χ1n) is 16.8. The number of nitrogens with zero attached hydrogens (tertiary/aromatic N) is 2. The first kappa shape index (κ1) is 31.1. The number of sulfonamides is 1. The van der Waals surface area contributed by atoms with Crippen LogP contribution in [-0.2, 0) is 31.6 Å². The molecule has 7 nitrogen and oxygen atoms in total. The monoisotopic (exact) mass is 619 g/mol. The normalized spacial score (nSPS) is 26.8. The van der Waals surface area contributed by atoms with Gasteiger partial charge in [-0.25, -0.2) is 8.42 Å². The predicted molar refractivity (Wildman–Crippen MR) is 175 cm³/mol. The molecule has 1 N–H and O–H groups in total. The van der Waals surface area contributed by atoms with E-state index in [2.05, 4.69) is 17.4 Å². The topological polar surface area (TPSA) is 86.8 Å². The summed E-state index contributed by atoms with van der Waals surface area (Å²) in [6.07, 6.45) is 13.5. The summed E-state index contributed by atoms with van der Waals surface area (Å²) >= 11 is 0. The zero-order valence-corrected chi connectivity index (χ0v) is 27.5. The van der Waals surface area contributed by atoms with Crippen LogP contribution in [-0.4, -0.2) is 50.0 Å². The Morgan fingerprint density at radius 1 is 0.955 bits per heavy atom. The highest BCUT2D eigenvalue weighted by Gasteiger charge is 2.51. The maximum absolute atomic E-state index is 14.1. The van der Waals surface area contributed by atoms with E-state index in [4.69, 9.17) is 0 Å². The second kappa shape index (κ2) is 12.5. The molecule has 2 aromatic rings. The van der Waals surface area contributed by atoms with Crippen molar-refractivity contribution in [3.05, 3.63) is 65.2 Å². The molecule has 0 aromatic heterocycles. The molecule has 0 heterocycles. The molecule has 5 aliphatic rings. The van der Waals surface area contributed by atoms with Crippen molar-refractivity contribution in [3.63, 3.8) is 0 Å². The molecule has 0 unspecified atom stereocenters. The Bertz CT molecular complexity index is 1430. The molecule has 5 aliphatic carbocycles. The lowest BCUT2D eigenvalue weighted by atomic mass is 9.48. The van der Waals surface area contributed by atoms with Gasteiger partial charge in [0.25, 0.3) is 0 Å². The number of rotatable bonds is 11. The predicted octanol–water partition coefficient (Wildman–Crippen LogP) is 6.10. The number of anilines is 1. The average molecular weight is 620 g/mol. The highest BCUT2D eigenvalue weighted by Crippen LogP contribution is 2.60. The zero-order chi connectivity index (χ0) is 31.1. The van der Waals surface area contributed by atoms with E-state index in [1.165, 1.54) is 48.4 Å². The van der Waals surface area contributed by atoms with E-state index >= 15 is 0 Å². The number of benzene rings is 2. The van der Waals surface area contributed by atoms with Crippen LogP contribution < -0.4 is 9.62 Å².